The quantitative estimate of drug-likeness (QED) is 0.491. The number of H-pyrrole nitrogens is 1. The van der Waals surface area contributed by atoms with Crippen LogP contribution in [0.15, 0.2) is 65.7 Å². The molecular weight excluding hydrogens is 308 g/mol. The number of rotatable bonds is 5. The molecule has 1 aromatic heterocycles. The summed E-state index contributed by atoms with van der Waals surface area (Å²) in [6.45, 7) is 5.99. The maximum Gasteiger partial charge on any atom is 0.191 e. The average Bonchev–Trinajstić information content (AvgIpc) is 3.05. The fraction of sp³-hybridized carbons (Fsp3) is 0.286. The molecule has 3 N–H and O–H groups in total. The van der Waals surface area contributed by atoms with Gasteiger partial charge in [0.15, 0.2) is 5.96 Å². The first-order valence-corrected chi connectivity index (χ1v) is 8.65. The van der Waals surface area contributed by atoms with E-state index in [0.717, 1.165) is 23.7 Å². The molecule has 4 nitrogen and oxygen atoms in total. The zero-order valence-corrected chi connectivity index (χ0v) is 15.1. The second-order valence-corrected chi connectivity index (χ2v) is 6.91. The van der Waals surface area contributed by atoms with E-state index in [1.165, 1.54) is 10.9 Å². The van der Waals surface area contributed by atoms with Crippen molar-refractivity contribution in [2.75, 3.05) is 13.6 Å². The van der Waals surface area contributed by atoms with Crippen LogP contribution in [0.3, 0.4) is 0 Å². The summed E-state index contributed by atoms with van der Waals surface area (Å²) in [6.07, 6.45) is 0. The van der Waals surface area contributed by atoms with Crippen LogP contribution in [0.4, 0.5) is 0 Å². The zero-order chi connectivity index (χ0) is 17.7. The lowest BCUT2D eigenvalue weighted by molar-refractivity contribution is 0.508. The van der Waals surface area contributed by atoms with Gasteiger partial charge >= 0.3 is 0 Å². The molecule has 0 bridgehead atoms. The minimum Gasteiger partial charge on any atom is -0.357 e. The third-order valence-electron chi connectivity index (χ3n) is 4.51. The summed E-state index contributed by atoms with van der Waals surface area (Å²) >= 11 is 0. The predicted octanol–water partition coefficient (Wildman–Crippen LogP) is 3.81. The first-order chi connectivity index (χ1) is 12.1. The van der Waals surface area contributed by atoms with Gasteiger partial charge in [-0.05, 0) is 23.1 Å². The third-order valence-corrected chi connectivity index (χ3v) is 4.51. The summed E-state index contributed by atoms with van der Waals surface area (Å²) in [4.78, 5) is 7.76. The Hall–Kier alpha value is -2.75. The molecule has 0 saturated heterocycles. The molecule has 2 aromatic carbocycles. The number of guanidine groups is 1. The molecule has 0 fully saturated rings. The Balaban J connectivity index is 1.58. The lowest BCUT2D eigenvalue weighted by Gasteiger charge is -2.26. The van der Waals surface area contributed by atoms with E-state index in [1.807, 2.05) is 12.1 Å². The van der Waals surface area contributed by atoms with Crippen molar-refractivity contribution in [1.82, 2.24) is 15.6 Å². The van der Waals surface area contributed by atoms with E-state index in [0.29, 0.717) is 6.54 Å². The summed E-state index contributed by atoms with van der Waals surface area (Å²) in [5, 5.41) is 8.04. The van der Waals surface area contributed by atoms with E-state index in [-0.39, 0.29) is 5.41 Å². The minimum atomic E-state index is 0.0278. The van der Waals surface area contributed by atoms with Crippen molar-refractivity contribution in [2.45, 2.75) is 25.8 Å². The molecule has 0 aliphatic rings. The standard InChI is InChI=1S/C21H26N4/c1-21(2,17-10-5-4-6-11-17)15-24-20(22-3)23-14-18-13-16-9-7-8-12-19(16)25-18/h4-13,25H,14-15H2,1-3H3,(H2,22,23,24). The van der Waals surface area contributed by atoms with E-state index in [9.17, 15) is 0 Å². The molecule has 3 rings (SSSR count). The number of nitrogens with zero attached hydrogens (tertiary/aromatic N) is 1. The highest BCUT2D eigenvalue weighted by Crippen LogP contribution is 2.21. The van der Waals surface area contributed by atoms with Crippen LogP contribution in [0.5, 0.6) is 0 Å². The van der Waals surface area contributed by atoms with Gasteiger partial charge in [-0.1, -0.05) is 62.4 Å². The Bertz CT molecular complexity index is 813. The van der Waals surface area contributed by atoms with Gasteiger partial charge in [0.1, 0.15) is 0 Å². The predicted molar refractivity (Wildman–Crippen MR) is 106 cm³/mol. The number of fused-ring (bicyclic) bond motifs is 1. The monoisotopic (exact) mass is 334 g/mol. The van der Waals surface area contributed by atoms with Gasteiger partial charge < -0.3 is 15.6 Å². The van der Waals surface area contributed by atoms with Crippen molar-refractivity contribution < 1.29 is 0 Å². The smallest absolute Gasteiger partial charge is 0.191 e. The highest BCUT2D eigenvalue weighted by molar-refractivity contribution is 5.81. The number of benzene rings is 2. The van der Waals surface area contributed by atoms with Crippen LogP contribution < -0.4 is 10.6 Å². The summed E-state index contributed by atoms with van der Waals surface area (Å²) < 4.78 is 0. The molecule has 1 heterocycles. The first kappa shape index (κ1) is 17.1. The SMILES string of the molecule is CN=C(NCc1cc2ccccc2[nH]1)NCC(C)(C)c1ccccc1. The molecule has 0 saturated carbocycles. The lowest BCUT2D eigenvalue weighted by atomic mass is 9.85. The number of aliphatic imine (C=N–C) groups is 1. The Morgan fingerprint density at radius 2 is 1.72 bits per heavy atom. The second kappa shape index (κ2) is 7.43. The molecule has 0 unspecified atom stereocenters. The van der Waals surface area contributed by atoms with Crippen molar-refractivity contribution >= 4 is 16.9 Å². The number of aromatic amines is 1. The lowest BCUT2D eigenvalue weighted by Crippen LogP contribution is -2.43. The third kappa shape index (κ3) is 4.21. The molecule has 0 aliphatic heterocycles. The number of hydrogen-bond acceptors (Lipinski definition) is 1. The normalized spacial score (nSPS) is 12.4. The topological polar surface area (TPSA) is 52.2 Å². The molecule has 0 aliphatic carbocycles. The van der Waals surface area contributed by atoms with Gasteiger partial charge in [-0.15, -0.1) is 0 Å². The second-order valence-electron chi connectivity index (χ2n) is 6.91. The largest absolute Gasteiger partial charge is 0.357 e. The summed E-state index contributed by atoms with van der Waals surface area (Å²) in [6, 6.07) is 21.0. The van der Waals surface area contributed by atoms with Crippen molar-refractivity contribution in [3.63, 3.8) is 0 Å². The van der Waals surface area contributed by atoms with Crippen LogP contribution in [-0.4, -0.2) is 24.5 Å². The highest BCUT2D eigenvalue weighted by Gasteiger charge is 2.20. The van der Waals surface area contributed by atoms with Gasteiger partial charge in [-0.2, -0.15) is 0 Å². The zero-order valence-electron chi connectivity index (χ0n) is 15.1. The van der Waals surface area contributed by atoms with E-state index in [1.54, 1.807) is 7.05 Å². The van der Waals surface area contributed by atoms with Crippen molar-refractivity contribution in [3.8, 4) is 0 Å². The van der Waals surface area contributed by atoms with Crippen molar-refractivity contribution in [2.24, 2.45) is 4.99 Å². The fourth-order valence-corrected chi connectivity index (χ4v) is 2.92. The number of para-hydroxylation sites is 1. The van der Waals surface area contributed by atoms with Gasteiger partial charge in [0.2, 0.25) is 0 Å². The number of nitrogens with one attached hydrogen (secondary N) is 3. The van der Waals surface area contributed by atoms with Gasteiger partial charge in [-0.25, -0.2) is 0 Å². The maximum atomic E-state index is 4.33. The first-order valence-electron chi connectivity index (χ1n) is 8.65. The van der Waals surface area contributed by atoms with Crippen LogP contribution >= 0.6 is 0 Å². The molecule has 3 aromatic rings. The minimum absolute atomic E-state index is 0.0278. The Kier molecular flexibility index (Phi) is 5.08. The molecule has 0 radical (unpaired) electrons. The molecule has 130 valence electrons. The van der Waals surface area contributed by atoms with Crippen LogP contribution in [0.25, 0.3) is 10.9 Å². The van der Waals surface area contributed by atoms with E-state index in [2.05, 4.69) is 83.0 Å². The van der Waals surface area contributed by atoms with Crippen LogP contribution in [-0.2, 0) is 12.0 Å². The van der Waals surface area contributed by atoms with Crippen LogP contribution in [0.1, 0.15) is 25.1 Å². The summed E-state index contributed by atoms with van der Waals surface area (Å²) in [5.41, 5.74) is 3.65. The van der Waals surface area contributed by atoms with Gasteiger partial charge in [0.05, 0.1) is 6.54 Å². The van der Waals surface area contributed by atoms with Gasteiger partial charge in [0.25, 0.3) is 0 Å². The van der Waals surface area contributed by atoms with Gasteiger partial charge in [-0.3, -0.25) is 4.99 Å². The van der Waals surface area contributed by atoms with E-state index < -0.39 is 0 Å². The Labute approximate surface area is 149 Å². The average molecular weight is 334 g/mol. The number of aromatic nitrogens is 1. The molecular formula is C21H26N4. The van der Waals surface area contributed by atoms with E-state index in [4.69, 9.17) is 0 Å². The molecule has 0 atom stereocenters. The van der Waals surface area contributed by atoms with Crippen molar-refractivity contribution in [3.05, 3.63) is 71.9 Å². The van der Waals surface area contributed by atoms with Crippen LogP contribution in [0.2, 0.25) is 0 Å². The molecule has 0 spiro atoms. The van der Waals surface area contributed by atoms with Crippen LogP contribution in [0, 0.1) is 0 Å². The Morgan fingerprint density at radius 3 is 2.44 bits per heavy atom. The summed E-state index contributed by atoms with van der Waals surface area (Å²) in [5.74, 6) is 0.808. The van der Waals surface area contributed by atoms with Crippen molar-refractivity contribution in [1.29, 1.82) is 0 Å². The van der Waals surface area contributed by atoms with E-state index >= 15 is 0 Å². The highest BCUT2D eigenvalue weighted by atomic mass is 15.2. The molecule has 25 heavy (non-hydrogen) atoms. The van der Waals surface area contributed by atoms with Gasteiger partial charge in [0, 0.05) is 30.2 Å². The number of hydrogen-bond donors (Lipinski definition) is 3. The summed E-state index contributed by atoms with van der Waals surface area (Å²) in [7, 11) is 1.80. The fourth-order valence-electron chi connectivity index (χ4n) is 2.92. The Morgan fingerprint density at radius 1 is 1.00 bits per heavy atom. The molecule has 0 amide bonds. The molecule has 4 heteroatoms. The maximum absolute atomic E-state index is 4.33.